The van der Waals surface area contributed by atoms with Crippen LogP contribution in [0.3, 0.4) is 0 Å². The van der Waals surface area contributed by atoms with E-state index in [9.17, 15) is 13.6 Å². The van der Waals surface area contributed by atoms with Crippen molar-refractivity contribution >= 4 is 5.78 Å². The van der Waals surface area contributed by atoms with Gasteiger partial charge in [0.05, 0.1) is 6.54 Å². The molecular weight excluding hydrogens is 244 g/mol. The summed E-state index contributed by atoms with van der Waals surface area (Å²) in [5, 5.41) is 2.65. The van der Waals surface area contributed by atoms with Crippen LogP contribution in [-0.4, -0.2) is 32.6 Å². The van der Waals surface area contributed by atoms with Crippen LogP contribution in [0.25, 0.3) is 0 Å². The zero-order valence-electron chi connectivity index (χ0n) is 9.83. The summed E-state index contributed by atoms with van der Waals surface area (Å²) in [6, 6.07) is 2.51. The second kappa shape index (κ2) is 5.30. The third kappa shape index (κ3) is 2.43. The molecule has 1 aliphatic heterocycles. The summed E-state index contributed by atoms with van der Waals surface area (Å²) in [5.74, 6) is 0.201. The molecule has 4 nitrogen and oxygen atoms in total. The van der Waals surface area contributed by atoms with Gasteiger partial charge in [-0.1, -0.05) is 0 Å². The van der Waals surface area contributed by atoms with Crippen LogP contribution >= 0.6 is 0 Å². The van der Waals surface area contributed by atoms with Gasteiger partial charge in [-0.15, -0.1) is 0 Å². The number of likely N-dealkylation sites (N-methyl/N-ethyl adjacent to an activating group) is 1. The number of nitrogens with one attached hydrogen (secondary N) is 1. The van der Waals surface area contributed by atoms with Crippen molar-refractivity contribution in [1.29, 1.82) is 0 Å². The summed E-state index contributed by atoms with van der Waals surface area (Å²) in [6.45, 7) is 0.666. The summed E-state index contributed by atoms with van der Waals surface area (Å²) in [4.78, 5) is 11.8. The van der Waals surface area contributed by atoms with Gasteiger partial charge in [-0.05, 0) is 19.2 Å². The molecule has 0 amide bonds. The molecule has 1 N–H and O–H groups in total. The summed E-state index contributed by atoms with van der Waals surface area (Å²) >= 11 is 0. The first-order valence-corrected chi connectivity index (χ1v) is 5.53. The maximum atomic E-state index is 12.9. The van der Waals surface area contributed by atoms with E-state index in [1.807, 2.05) is 0 Å². The van der Waals surface area contributed by atoms with Crippen molar-refractivity contribution in [2.45, 2.75) is 6.43 Å². The van der Waals surface area contributed by atoms with Crippen molar-refractivity contribution in [3.63, 3.8) is 0 Å². The first kappa shape index (κ1) is 12.8. The van der Waals surface area contributed by atoms with Crippen LogP contribution in [0.4, 0.5) is 8.78 Å². The molecule has 0 fully saturated rings. The average Bonchev–Trinajstić information content (AvgIpc) is 2.37. The number of ether oxygens (including phenoxy) is 2. The summed E-state index contributed by atoms with van der Waals surface area (Å²) in [6.07, 6.45) is -2.73. The molecule has 0 saturated heterocycles. The van der Waals surface area contributed by atoms with Gasteiger partial charge >= 0.3 is 0 Å². The average molecular weight is 257 g/mol. The van der Waals surface area contributed by atoms with Gasteiger partial charge in [0.2, 0.25) is 0 Å². The molecule has 0 saturated carbocycles. The summed E-state index contributed by atoms with van der Waals surface area (Å²) < 4.78 is 36.4. The number of carbonyl (C=O) groups excluding carboxylic acids is 1. The molecule has 0 unspecified atom stereocenters. The van der Waals surface area contributed by atoms with Crippen LogP contribution in [0.2, 0.25) is 0 Å². The Kier molecular flexibility index (Phi) is 3.76. The van der Waals surface area contributed by atoms with Crippen molar-refractivity contribution in [2.75, 3.05) is 26.8 Å². The van der Waals surface area contributed by atoms with Gasteiger partial charge in [0.1, 0.15) is 13.2 Å². The van der Waals surface area contributed by atoms with Gasteiger partial charge in [0, 0.05) is 11.1 Å². The predicted octanol–water partition coefficient (Wildman–Crippen LogP) is 1.80. The molecule has 0 atom stereocenters. The van der Waals surface area contributed by atoms with Crippen molar-refractivity contribution in [3.8, 4) is 11.5 Å². The molecule has 1 aromatic carbocycles. The van der Waals surface area contributed by atoms with E-state index in [0.717, 1.165) is 0 Å². The Labute approximate surface area is 103 Å². The highest BCUT2D eigenvalue weighted by Crippen LogP contribution is 2.36. The number of halogens is 2. The number of fused-ring (bicyclic) bond motifs is 1. The second-order valence-electron chi connectivity index (χ2n) is 3.84. The van der Waals surface area contributed by atoms with Gasteiger partial charge in [-0.25, -0.2) is 8.78 Å². The van der Waals surface area contributed by atoms with Crippen LogP contribution in [0, 0.1) is 0 Å². The summed E-state index contributed by atoms with van der Waals surface area (Å²) in [7, 11) is 1.58. The Morgan fingerprint density at radius 1 is 1.33 bits per heavy atom. The quantitative estimate of drug-likeness (QED) is 0.835. The fourth-order valence-corrected chi connectivity index (χ4v) is 1.78. The Balaban J connectivity index is 2.45. The van der Waals surface area contributed by atoms with Gasteiger partial charge < -0.3 is 14.8 Å². The maximum absolute atomic E-state index is 12.9. The molecular formula is C12H13F2NO3. The number of benzene rings is 1. The molecule has 0 bridgehead atoms. The van der Waals surface area contributed by atoms with Gasteiger partial charge in [-0.3, -0.25) is 4.79 Å². The van der Waals surface area contributed by atoms with E-state index in [-0.39, 0.29) is 23.4 Å². The Bertz CT molecular complexity index is 463. The van der Waals surface area contributed by atoms with Gasteiger partial charge in [-0.2, -0.15) is 0 Å². The number of hydrogen-bond donors (Lipinski definition) is 1. The fraction of sp³-hybridized carbons (Fsp3) is 0.417. The van der Waals surface area contributed by atoms with Crippen LogP contribution < -0.4 is 14.8 Å². The topological polar surface area (TPSA) is 47.6 Å². The van der Waals surface area contributed by atoms with Crippen LogP contribution in [-0.2, 0) is 0 Å². The molecule has 1 aromatic rings. The third-order valence-corrected chi connectivity index (χ3v) is 2.59. The second-order valence-corrected chi connectivity index (χ2v) is 3.84. The minimum atomic E-state index is -2.73. The Morgan fingerprint density at radius 2 is 1.94 bits per heavy atom. The molecule has 98 valence electrons. The first-order chi connectivity index (χ1) is 8.63. The smallest absolute Gasteiger partial charge is 0.264 e. The number of carbonyl (C=O) groups is 1. The van der Waals surface area contributed by atoms with Gasteiger partial charge in [0.25, 0.3) is 6.43 Å². The number of ketones is 1. The zero-order valence-corrected chi connectivity index (χ0v) is 9.83. The summed E-state index contributed by atoms with van der Waals surface area (Å²) in [5.41, 5.74) is -0.344. The molecule has 0 aliphatic carbocycles. The lowest BCUT2D eigenvalue weighted by molar-refractivity contribution is 0.0977. The van der Waals surface area contributed by atoms with Crippen molar-refractivity contribution in [3.05, 3.63) is 23.3 Å². The van der Waals surface area contributed by atoms with E-state index in [1.54, 1.807) is 7.05 Å². The van der Waals surface area contributed by atoms with Crippen LogP contribution in [0.1, 0.15) is 22.3 Å². The lowest BCUT2D eigenvalue weighted by Gasteiger charge is -2.20. The van der Waals surface area contributed by atoms with Gasteiger partial charge in [0.15, 0.2) is 17.3 Å². The highest BCUT2D eigenvalue weighted by atomic mass is 19.3. The van der Waals surface area contributed by atoms with E-state index in [4.69, 9.17) is 9.47 Å². The standard InChI is InChI=1S/C12H13F2NO3/c1-15-6-9(16)7-4-10-11(18-3-2-17-10)5-8(7)12(13)14/h4-5,12,15H,2-3,6H2,1H3. The minimum absolute atomic E-state index is 0.000631. The van der Waals surface area contributed by atoms with Crippen molar-refractivity contribution in [2.24, 2.45) is 0 Å². The molecule has 0 spiro atoms. The molecule has 18 heavy (non-hydrogen) atoms. The Morgan fingerprint density at radius 3 is 2.50 bits per heavy atom. The number of rotatable bonds is 4. The normalized spacial score (nSPS) is 13.8. The molecule has 1 aliphatic rings. The number of Topliss-reactive ketones (excluding diaryl/α,β-unsaturated/α-hetero) is 1. The monoisotopic (exact) mass is 257 g/mol. The molecule has 6 heteroatoms. The van der Waals surface area contributed by atoms with Crippen molar-refractivity contribution in [1.82, 2.24) is 5.32 Å². The van der Waals surface area contributed by atoms with E-state index >= 15 is 0 Å². The maximum Gasteiger partial charge on any atom is 0.264 e. The Hall–Kier alpha value is -1.69. The highest BCUT2D eigenvalue weighted by Gasteiger charge is 2.23. The van der Waals surface area contributed by atoms with Crippen LogP contribution in [0.5, 0.6) is 11.5 Å². The van der Waals surface area contributed by atoms with Crippen molar-refractivity contribution < 1.29 is 23.0 Å². The SMILES string of the molecule is CNCC(=O)c1cc2c(cc1C(F)F)OCCO2. The molecule has 0 radical (unpaired) electrons. The fourth-order valence-electron chi connectivity index (χ4n) is 1.78. The number of hydrogen-bond acceptors (Lipinski definition) is 4. The van der Waals surface area contributed by atoms with E-state index in [1.165, 1.54) is 12.1 Å². The van der Waals surface area contributed by atoms with E-state index in [0.29, 0.717) is 19.0 Å². The van der Waals surface area contributed by atoms with E-state index < -0.39 is 12.2 Å². The number of alkyl halides is 2. The molecule has 0 aromatic heterocycles. The largest absolute Gasteiger partial charge is 0.486 e. The predicted molar refractivity (Wildman–Crippen MR) is 60.6 cm³/mol. The first-order valence-electron chi connectivity index (χ1n) is 5.53. The zero-order chi connectivity index (χ0) is 13.1. The third-order valence-electron chi connectivity index (χ3n) is 2.59. The molecule has 1 heterocycles. The lowest BCUT2D eigenvalue weighted by atomic mass is 10.0. The molecule has 2 rings (SSSR count). The van der Waals surface area contributed by atoms with Crippen LogP contribution in [0.15, 0.2) is 12.1 Å². The van der Waals surface area contributed by atoms with E-state index in [2.05, 4.69) is 5.32 Å². The minimum Gasteiger partial charge on any atom is -0.486 e. The lowest BCUT2D eigenvalue weighted by Crippen LogP contribution is -2.21. The highest BCUT2D eigenvalue weighted by molar-refractivity contribution is 5.99.